The lowest BCUT2D eigenvalue weighted by Gasteiger charge is -2.15. The van der Waals surface area contributed by atoms with Crippen LogP contribution >= 0.6 is 0 Å². The highest BCUT2D eigenvalue weighted by molar-refractivity contribution is 5.77. The maximum atomic E-state index is 12.1. The lowest BCUT2D eigenvalue weighted by Crippen LogP contribution is -2.21. The van der Waals surface area contributed by atoms with Crippen molar-refractivity contribution in [3.63, 3.8) is 0 Å². The van der Waals surface area contributed by atoms with Gasteiger partial charge in [-0.1, -0.05) is 36.4 Å². The van der Waals surface area contributed by atoms with E-state index < -0.39 is 0 Å². The first-order chi connectivity index (χ1) is 11.3. The number of nitrogens with one attached hydrogen (secondary N) is 1. The molecule has 0 aliphatic carbocycles. The van der Waals surface area contributed by atoms with Crippen LogP contribution in [-0.2, 0) is 17.8 Å². The van der Waals surface area contributed by atoms with Gasteiger partial charge in [0.2, 0.25) is 5.91 Å². The van der Waals surface area contributed by atoms with E-state index in [0.29, 0.717) is 13.0 Å². The van der Waals surface area contributed by atoms with Gasteiger partial charge in [0.05, 0.1) is 17.9 Å². The Morgan fingerprint density at radius 3 is 2.83 bits per heavy atom. The molecule has 0 fully saturated rings. The Labute approximate surface area is 135 Å². The monoisotopic (exact) mass is 305 g/mol. The normalized spacial score (nSPS) is 17.6. The number of carbonyl (C=O) groups is 1. The van der Waals surface area contributed by atoms with Crippen LogP contribution in [0.3, 0.4) is 0 Å². The van der Waals surface area contributed by atoms with Crippen molar-refractivity contribution in [2.75, 3.05) is 0 Å². The molecule has 1 N–H and O–H groups in total. The van der Waals surface area contributed by atoms with Gasteiger partial charge in [-0.15, -0.1) is 0 Å². The van der Waals surface area contributed by atoms with Gasteiger partial charge in [0.15, 0.2) is 0 Å². The number of fused-ring (bicyclic) bond motifs is 3. The molecule has 0 bridgehead atoms. The second-order valence-electron chi connectivity index (χ2n) is 6.07. The van der Waals surface area contributed by atoms with Crippen molar-refractivity contribution in [2.45, 2.75) is 31.7 Å². The van der Waals surface area contributed by atoms with Crippen LogP contribution in [0.2, 0.25) is 0 Å². The van der Waals surface area contributed by atoms with E-state index in [4.69, 9.17) is 4.98 Å². The standard InChI is InChI=1S/C19H19N3O/c23-18-12-15(10-9-14-6-2-1-3-7-14)19-16(13-20-18)21-17-8-4-5-11-22(17)19/h1-8,11,15H,9-10,12-13H2,(H,20,23). The second-order valence-corrected chi connectivity index (χ2v) is 6.07. The molecule has 4 nitrogen and oxygen atoms in total. The van der Waals surface area contributed by atoms with Crippen molar-refractivity contribution in [1.29, 1.82) is 0 Å². The molecule has 1 amide bonds. The summed E-state index contributed by atoms with van der Waals surface area (Å²) in [5.41, 5.74) is 4.46. The number of benzene rings is 1. The molecule has 1 unspecified atom stereocenters. The van der Waals surface area contributed by atoms with Crippen molar-refractivity contribution in [2.24, 2.45) is 0 Å². The summed E-state index contributed by atoms with van der Waals surface area (Å²) in [7, 11) is 0. The van der Waals surface area contributed by atoms with Crippen LogP contribution in [0, 0.1) is 0 Å². The van der Waals surface area contributed by atoms with Crippen LogP contribution < -0.4 is 5.32 Å². The van der Waals surface area contributed by atoms with E-state index in [9.17, 15) is 4.79 Å². The Morgan fingerprint density at radius 1 is 1.13 bits per heavy atom. The van der Waals surface area contributed by atoms with E-state index >= 15 is 0 Å². The molecule has 4 rings (SSSR count). The van der Waals surface area contributed by atoms with Crippen molar-refractivity contribution < 1.29 is 4.79 Å². The highest BCUT2D eigenvalue weighted by Crippen LogP contribution is 2.31. The minimum atomic E-state index is 0.116. The Hall–Kier alpha value is -2.62. The topological polar surface area (TPSA) is 46.4 Å². The van der Waals surface area contributed by atoms with Crippen LogP contribution in [0.15, 0.2) is 54.7 Å². The van der Waals surface area contributed by atoms with Crippen LogP contribution in [0.4, 0.5) is 0 Å². The minimum Gasteiger partial charge on any atom is -0.350 e. The first kappa shape index (κ1) is 14.0. The molecule has 1 aliphatic heterocycles. The molecule has 1 aromatic carbocycles. The Bertz CT molecular complexity index is 838. The molecule has 3 heterocycles. The predicted molar refractivity (Wildman–Crippen MR) is 89.2 cm³/mol. The molecule has 23 heavy (non-hydrogen) atoms. The molecule has 1 atom stereocenters. The van der Waals surface area contributed by atoms with E-state index in [0.717, 1.165) is 24.2 Å². The number of imidazole rings is 1. The number of aromatic nitrogens is 2. The zero-order chi connectivity index (χ0) is 15.6. The predicted octanol–water partition coefficient (Wildman–Crippen LogP) is 3.07. The van der Waals surface area contributed by atoms with Crippen molar-refractivity contribution in [1.82, 2.24) is 14.7 Å². The first-order valence-electron chi connectivity index (χ1n) is 8.08. The highest BCUT2D eigenvalue weighted by Gasteiger charge is 2.27. The summed E-state index contributed by atoms with van der Waals surface area (Å²) in [6.45, 7) is 0.525. The molecule has 0 radical (unpaired) electrons. The summed E-state index contributed by atoms with van der Waals surface area (Å²) in [6.07, 6.45) is 4.50. The van der Waals surface area contributed by atoms with Crippen LogP contribution in [0.5, 0.6) is 0 Å². The first-order valence-corrected chi connectivity index (χ1v) is 8.08. The maximum Gasteiger partial charge on any atom is 0.220 e. The number of amides is 1. The van der Waals surface area contributed by atoms with Gasteiger partial charge >= 0.3 is 0 Å². The summed E-state index contributed by atoms with van der Waals surface area (Å²) >= 11 is 0. The molecule has 1 aliphatic rings. The third-order valence-electron chi connectivity index (χ3n) is 4.54. The Balaban J connectivity index is 1.69. The smallest absolute Gasteiger partial charge is 0.220 e. The fourth-order valence-electron chi connectivity index (χ4n) is 3.43. The molecule has 2 aromatic heterocycles. The number of hydrogen-bond donors (Lipinski definition) is 1. The van der Waals surface area contributed by atoms with Crippen molar-refractivity contribution in [3.05, 3.63) is 71.7 Å². The van der Waals surface area contributed by atoms with Crippen LogP contribution in [0.25, 0.3) is 5.65 Å². The third kappa shape index (κ3) is 2.72. The number of nitrogens with zero attached hydrogens (tertiary/aromatic N) is 2. The van der Waals surface area contributed by atoms with Crippen molar-refractivity contribution >= 4 is 11.6 Å². The van der Waals surface area contributed by atoms with E-state index in [-0.39, 0.29) is 11.8 Å². The van der Waals surface area contributed by atoms with Gasteiger partial charge in [-0.2, -0.15) is 0 Å². The number of aryl methyl sites for hydroxylation is 1. The highest BCUT2D eigenvalue weighted by atomic mass is 16.1. The van der Waals surface area contributed by atoms with Gasteiger partial charge < -0.3 is 9.72 Å². The number of rotatable bonds is 3. The molecule has 0 spiro atoms. The van der Waals surface area contributed by atoms with Gasteiger partial charge in [-0.25, -0.2) is 4.98 Å². The van der Waals surface area contributed by atoms with Gasteiger partial charge in [-0.3, -0.25) is 4.79 Å². The number of hydrogen-bond acceptors (Lipinski definition) is 2. The lowest BCUT2D eigenvalue weighted by molar-refractivity contribution is -0.121. The van der Waals surface area contributed by atoms with E-state index in [1.54, 1.807) is 0 Å². The zero-order valence-corrected chi connectivity index (χ0v) is 12.9. The summed E-state index contributed by atoms with van der Waals surface area (Å²) < 4.78 is 2.14. The third-order valence-corrected chi connectivity index (χ3v) is 4.54. The SMILES string of the molecule is O=C1CC(CCc2ccccc2)c2c(nc3ccccn23)CN1. The number of carbonyl (C=O) groups excluding carboxylic acids is 1. The molecule has 4 heteroatoms. The average molecular weight is 305 g/mol. The fourth-order valence-corrected chi connectivity index (χ4v) is 3.43. The summed E-state index contributed by atoms with van der Waals surface area (Å²) in [5, 5.41) is 2.98. The lowest BCUT2D eigenvalue weighted by atomic mass is 9.92. The van der Waals surface area contributed by atoms with E-state index in [1.165, 1.54) is 11.3 Å². The molecular weight excluding hydrogens is 286 g/mol. The Morgan fingerprint density at radius 2 is 1.96 bits per heavy atom. The second kappa shape index (κ2) is 5.88. The fraction of sp³-hybridized carbons (Fsp3) is 0.263. The summed E-state index contributed by atoms with van der Waals surface area (Å²) in [6, 6.07) is 16.5. The quantitative estimate of drug-likeness (QED) is 0.808. The molecule has 0 saturated heterocycles. The van der Waals surface area contributed by atoms with Crippen LogP contribution in [-0.4, -0.2) is 15.3 Å². The summed E-state index contributed by atoms with van der Waals surface area (Å²) in [5.74, 6) is 0.316. The maximum absolute atomic E-state index is 12.1. The van der Waals surface area contributed by atoms with E-state index in [1.807, 2.05) is 30.5 Å². The van der Waals surface area contributed by atoms with Gasteiger partial charge in [0.25, 0.3) is 0 Å². The van der Waals surface area contributed by atoms with Gasteiger partial charge in [0.1, 0.15) is 5.65 Å². The Kier molecular flexibility index (Phi) is 3.58. The van der Waals surface area contributed by atoms with E-state index in [2.05, 4.69) is 34.0 Å². The zero-order valence-electron chi connectivity index (χ0n) is 12.9. The molecule has 116 valence electrons. The summed E-state index contributed by atoms with van der Waals surface area (Å²) in [4.78, 5) is 16.8. The molecule has 0 saturated carbocycles. The van der Waals surface area contributed by atoms with Crippen LogP contribution in [0.1, 0.15) is 35.7 Å². The molecule has 3 aromatic rings. The van der Waals surface area contributed by atoms with Crippen molar-refractivity contribution in [3.8, 4) is 0 Å². The minimum absolute atomic E-state index is 0.116. The average Bonchev–Trinajstić information content (AvgIpc) is 2.88. The number of pyridine rings is 1. The van der Waals surface area contributed by atoms with Gasteiger partial charge in [-0.05, 0) is 30.5 Å². The largest absolute Gasteiger partial charge is 0.350 e. The molecular formula is C19H19N3O. The van der Waals surface area contributed by atoms with Gasteiger partial charge in [0, 0.05) is 18.5 Å².